The number of H-pyrrole nitrogens is 1. The van der Waals surface area contributed by atoms with Crippen LogP contribution in [0.4, 0.5) is 5.82 Å². The van der Waals surface area contributed by atoms with Crippen LogP contribution in [0.2, 0.25) is 0 Å². The molecule has 1 amide bonds. The van der Waals surface area contributed by atoms with Gasteiger partial charge < -0.3 is 15.2 Å². The summed E-state index contributed by atoms with van der Waals surface area (Å²) < 4.78 is 23.1. The summed E-state index contributed by atoms with van der Waals surface area (Å²) in [5, 5.41) is 4.56. The zero-order valence-corrected chi connectivity index (χ0v) is 17.8. The van der Waals surface area contributed by atoms with E-state index in [0.29, 0.717) is 11.4 Å². The molecule has 158 valence electrons. The molecule has 0 atom stereocenters. The number of aryl methyl sites for hydroxylation is 1. The topological polar surface area (TPSA) is 95.2 Å². The summed E-state index contributed by atoms with van der Waals surface area (Å²) in [6, 6.07) is 9.92. The maximum Gasteiger partial charge on any atom is 0.255 e. The SMILES string of the molecule is CCc1cccc2c(CCNc3ccc(C(=O)N4CCS(=O)(=O)CC4)cn3)c[nH]c12. The Morgan fingerprint density at radius 3 is 2.67 bits per heavy atom. The van der Waals surface area contributed by atoms with Crippen LogP contribution in [0.1, 0.15) is 28.4 Å². The molecule has 1 aliphatic heterocycles. The number of hydrogen-bond acceptors (Lipinski definition) is 5. The van der Waals surface area contributed by atoms with Crippen molar-refractivity contribution < 1.29 is 13.2 Å². The maximum atomic E-state index is 12.5. The van der Waals surface area contributed by atoms with Gasteiger partial charge in [0.25, 0.3) is 5.91 Å². The number of aromatic amines is 1. The highest BCUT2D eigenvalue weighted by molar-refractivity contribution is 7.91. The largest absolute Gasteiger partial charge is 0.370 e. The van der Waals surface area contributed by atoms with Gasteiger partial charge in [0.05, 0.1) is 17.1 Å². The van der Waals surface area contributed by atoms with Crippen molar-refractivity contribution in [3.05, 3.63) is 59.4 Å². The average molecular weight is 427 g/mol. The lowest BCUT2D eigenvalue weighted by molar-refractivity contribution is 0.0770. The Balaban J connectivity index is 1.34. The zero-order valence-electron chi connectivity index (χ0n) is 17.0. The van der Waals surface area contributed by atoms with Crippen molar-refractivity contribution in [1.29, 1.82) is 0 Å². The minimum Gasteiger partial charge on any atom is -0.370 e. The van der Waals surface area contributed by atoms with E-state index in [1.54, 1.807) is 23.2 Å². The van der Waals surface area contributed by atoms with E-state index in [0.717, 1.165) is 19.4 Å². The van der Waals surface area contributed by atoms with E-state index in [9.17, 15) is 13.2 Å². The molecule has 0 unspecified atom stereocenters. The van der Waals surface area contributed by atoms with Gasteiger partial charge in [-0.15, -0.1) is 0 Å². The number of fused-ring (bicyclic) bond motifs is 1. The lowest BCUT2D eigenvalue weighted by Crippen LogP contribution is -2.43. The van der Waals surface area contributed by atoms with Crippen molar-refractivity contribution in [1.82, 2.24) is 14.9 Å². The van der Waals surface area contributed by atoms with E-state index in [4.69, 9.17) is 0 Å². The molecule has 1 aliphatic rings. The number of nitrogens with one attached hydrogen (secondary N) is 2. The van der Waals surface area contributed by atoms with Gasteiger partial charge >= 0.3 is 0 Å². The van der Waals surface area contributed by atoms with Gasteiger partial charge in [0, 0.05) is 42.9 Å². The molecule has 0 bridgehead atoms. The highest BCUT2D eigenvalue weighted by atomic mass is 32.2. The second-order valence-electron chi connectivity index (χ2n) is 7.56. The third kappa shape index (κ3) is 4.33. The van der Waals surface area contributed by atoms with E-state index < -0.39 is 9.84 Å². The lowest BCUT2D eigenvalue weighted by Gasteiger charge is -2.26. The predicted octanol–water partition coefficient (Wildman–Crippen LogP) is 2.65. The van der Waals surface area contributed by atoms with Crippen molar-refractivity contribution in [2.24, 2.45) is 0 Å². The van der Waals surface area contributed by atoms with Crippen LogP contribution < -0.4 is 5.32 Å². The lowest BCUT2D eigenvalue weighted by atomic mass is 10.1. The molecule has 1 aromatic carbocycles. The molecule has 1 fully saturated rings. The molecule has 8 heteroatoms. The van der Waals surface area contributed by atoms with Crippen molar-refractivity contribution in [3.63, 3.8) is 0 Å². The average Bonchev–Trinajstić information content (AvgIpc) is 3.17. The van der Waals surface area contributed by atoms with E-state index in [1.807, 2.05) is 0 Å². The first-order chi connectivity index (χ1) is 14.5. The highest BCUT2D eigenvalue weighted by Gasteiger charge is 2.25. The number of para-hydroxylation sites is 1. The van der Waals surface area contributed by atoms with Gasteiger partial charge in [0.2, 0.25) is 0 Å². The molecule has 3 aromatic rings. The van der Waals surface area contributed by atoms with E-state index in [-0.39, 0.29) is 30.5 Å². The molecule has 4 rings (SSSR count). The molecular weight excluding hydrogens is 400 g/mol. The second-order valence-corrected chi connectivity index (χ2v) is 9.86. The van der Waals surface area contributed by atoms with Crippen molar-refractivity contribution in [2.75, 3.05) is 36.5 Å². The van der Waals surface area contributed by atoms with Gasteiger partial charge in [-0.25, -0.2) is 13.4 Å². The normalized spacial score (nSPS) is 16.0. The van der Waals surface area contributed by atoms with Crippen LogP contribution in [-0.4, -0.2) is 60.3 Å². The van der Waals surface area contributed by atoms with E-state index in [2.05, 4.69) is 46.6 Å². The minimum absolute atomic E-state index is 0.0272. The molecule has 0 saturated carbocycles. The van der Waals surface area contributed by atoms with Crippen LogP contribution >= 0.6 is 0 Å². The number of sulfone groups is 1. The number of aromatic nitrogens is 2. The van der Waals surface area contributed by atoms with Crippen LogP contribution in [0.5, 0.6) is 0 Å². The first-order valence-electron chi connectivity index (χ1n) is 10.2. The summed E-state index contributed by atoms with van der Waals surface area (Å²) in [5.74, 6) is 0.593. The molecule has 1 saturated heterocycles. The van der Waals surface area contributed by atoms with Crippen molar-refractivity contribution in [3.8, 4) is 0 Å². The third-order valence-corrected chi connectivity index (χ3v) is 7.22. The highest BCUT2D eigenvalue weighted by Crippen LogP contribution is 2.22. The van der Waals surface area contributed by atoms with Gasteiger partial charge in [0.1, 0.15) is 5.82 Å². The molecule has 2 aromatic heterocycles. The fourth-order valence-corrected chi connectivity index (χ4v) is 5.03. The summed E-state index contributed by atoms with van der Waals surface area (Å²) >= 11 is 0. The van der Waals surface area contributed by atoms with Gasteiger partial charge in [-0.05, 0) is 36.1 Å². The summed E-state index contributed by atoms with van der Waals surface area (Å²) in [6.45, 7) is 3.37. The number of carbonyl (C=O) groups is 1. The fourth-order valence-electron chi connectivity index (χ4n) is 3.82. The molecule has 30 heavy (non-hydrogen) atoms. The van der Waals surface area contributed by atoms with Crippen LogP contribution in [-0.2, 0) is 22.7 Å². The summed E-state index contributed by atoms with van der Waals surface area (Å²) in [7, 11) is -3.01. The molecule has 0 spiro atoms. The van der Waals surface area contributed by atoms with Crippen LogP contribution in [0, 0.1) is 0 Å². The first kappa shape index (κ1) is 20.4. The number of benzene rings is 1. The molecule has 0 radical (unpaired) electrons. The second kappa shape index (κ2) is 8.47. The third-order valence-electron chi connectivity index (χ3n) is 5.61. The fraction of sp³-hybridized carbons (Fsp3) is 0.364. The van der Waals surface area contributed by atoms with Crippen LogP contribution in [0.15, 0.2) is 42.7 Å². The Labute approximate surface area is 176 Å². The number of rotatable bonds is 6. The first-order valence-corrected chi connectivity index (χ1v) is 12.1. The van der Waals surface area contributed by atoms with Crippen LogP contribution in [0.3, 0.4) is 0 Å². The van der Waals surface area contributed by atoms with Crippen LogP contribution in [0.25, 0.3) is 10.9 Å². The number of amides is 1. The van der Waals surface area contributed by atoms with Crippen molar-refractivity contribution >= 4 is 32.5 Å². The number of nitrogens with zero attached hydrogens (tertiary/aromatic N) is 2. The maximum absolute atomic E-state index is 12.5. The Kier molecular flexibility index (Phi) is 5.76. The zero-order chi connectivity index (χ0) is 21.1. The van der Waals surface area contributed by atoms with Gasteiger partial charge in [-0.2, -0.15) is 0 Å². The Morgan fingerprint density at radius 1 is 1.17 bits per heavy atom. The number of carbonyl (C=O) groups excluding carboxylic acids is 1. The standard InChI is InChI=1S/C22H26N4O3S/c1-2-16-4-3-5-19-17(14-25-21(16)19)8-9-23-20-7-6-18(15-24-20)22(27)26-10-12-30(28,29)13-11-26/h3-7,14-15,25H,2,8-13H2,1H3,(H,23,24). The molecule has 2 N–H and O–H groups in total. The van der Waals surface area contributed by atoms with Gasteiger partial charge in [-0.3, -0.25) is 4.79 Å². The molecule has 0 aliphatic carbocycles. The Hall–Kier alpha value is -2.87. The Morgan fingerprint density at radius 2 is 1.97 bits per heavy atom. The summed E-state index contributed by atoms with van der Waals surface area (Å²) in [4.78, 5) is 21.8. The van der Waals surface area contributed by atoms with Gasteiger partial charge in [-0.1, -0.05) is 25.1 Å². The predicted molar refractivity (Wildman–Crippen MR) is 119 cm³/mol. The summed E-state index contributed by atoms with van der Waals surface area (Å²) in [6.07, 6.45) is 5.47. The number of hydrogen-bond donors (Lipinski definition) is 2. The van der Waals surface area contributed by atoms with Crippen molar-refractivity contribution in [2.45, 2.75) is 19.8 Å². The molecule has 3 heterocycles. The van der Waals surface area contributed by atoms with E-state index >= 15 is 0 Å². The summed E-state index contributed by atoms with van der Waals surface area (Å²) in [5.41, 5.74) is 4.27. The quantitative estimate of drug-likeness (QED) is 0.632. The Bertz CT molecular complexity index is 1140. The van der Waals surface area contributed by atoms with E-state index in [1.165, 1.54) is 22.0 Å². The van der Waals surface area contributed by atoms with Gasteiger partial charge in [0.15, 0.2) is 9.84 Å². The number of anilines is 1. The smallest absolute Gasteiger partial charge is 0.255 e. The molecular formula is C22H26N4O3S. The number of pyridine rings is 1. The molecule has 7 nitrogen and oxygen atoms in total. The monoisotopic (exact) mass is 426 g/mol. The minimum atomic E-state index is -3.01.